The fraction of sp³-hybridized carbons (Fsp3) is 0.467. The van der Waals surface area contributed by atoms with Crippen LogP contribution in [0.5, 0.6) is 0 Å². The summed E-state index contributed by atoms with van der Waals surface area (Å²) in [6.45, 7) is 16.8. The number of allylic oxidation sites excluding steroid dienone is 4. The molecule has 1 rings (SSSR count). The molecule has 1 heterocycles. The molecule has 1 saturated heterocycles. The predicted octanol–water partition coefficient (Wildman–Crippen LogP) is 4.48. The maximum absolute atomic E-state index is 6.50. The van der Waals surface area contributed by atoms with Crippen LogP contribution < -0.4 is 0 Å². The average Bonchev–Trinajstić information content (AvgIpc) is 2.25. The van der Waals surface area contributed by atoms with E-state index in [1.165, 1.54) is 6.04 Å². The second-order valence-corrected chi connectivity index (χ2v) is 19.0. The number of hydrogen-bond acceptors (Lipinski definition) is 1. The number of rotatable bonds is 4. The Morgan fingerprint density at radius 1 is 1.06 bits per heavy atom. The van der Waals surface area contributed by atoms with Gasteiger partial charge >= 0.3 is 0 Å². The van der Waals surface area contributed by atoms with E-state index in [2.05, 4.69) is 63.6 Å². The largest absolute Gasteiger partial charge is 0.414 e. The zero-order valence-corrected chi connectivity index (χ0v) is 14.2. The van der Waals surface area contributed by atoms with Gasteiger partial charge in [0.15, 0.2) is 7.83 Å². The lowest BCUT2D eigenvalue weighted by Gasteiger charge is -2.50. The van der Waals surface area contributed by atoms with Crippen LogP contribution in [-0.2, 0) is 4.43 Å². The van der Waals surface area contributed by atoms with Crippen LogP contribution in [0.1, 0.15) is 20.3 Å². The summed E-state index contributed by atoms with van der Waals surface area (Å²) in [7, 11) is -3.34. The lowest BCUT2D eigenvalue weighted by atomic mass is 10.1. The van der Waals surface area contributed by atoms with Crippen molar-refractivity contribution in [1.29, 1.82) is 0 Å². The van der Waals surface area contributed by atoms with Crippen LogP contribution in [-0.4, -0.2) is 21.0 Å². The van der Waals surface area contributed by atoms with Crippen LogP contribution in [0.25, 0.3) is 0 Å². The van der Waals surface area contributed by atoms with Gasteiger partial charge in [0.25, 0.3) is 0 Å². The molecular formula is C15H26OSi2. The second kappa shape index (κ2) is 5.55. The summed E-state index contributed by atoms with van der Waals surface area (Å²) in [4.78, 5) is 0. The van der Waals surface area contributed by atoms with Crippen LogP contribution in [0.2, 0.25) is 19.1 Å². The molecule has 0 N–H and O–H groups in total. The van der Waals surface area contributed by atoms with E-state index in [1.54, 1.807) is 0 Å². The van der Waals surface area contributed by atoms with Crippen molar-refractivity contribution in [1.82, 2.24) is 0 Å². The molecule has 18 heavy (non-hydrogen) atoms. The van der Waals surface area contributed by atoms with Gasteiger partial charge in [0.05, 0.1) is 5.60 Å². The topological polar surface area (TPSA) is 9.23 Å². The first-order valence-corrected chi connectivity index (χ1v) is 12.9. The maximum Gasteiger partial charge on any atom is 0.184 e. The molecule has 1 fully saturated rings. The highest BCUT2D eigenvalue weighted by molar-refractivity contribution is 7.43. The molecule has 3 heteroatoms. The molecule has 0 atom stereocenters. The van der Waals surface area contributed by atoms with Crippen molar-refractivity contribution in [2.75, 3.05) is 0 Å². The molecule has 0 saturated carbocycles. The summed E-state index contributed by atoms with van der Waals surface area (Å²) in [5.74, 6) is 0. The summed E-state index contributed by atoms with van der Waals surface area (Å²) in [5, 5.41) is 0. The Morgan fingerprint density at radius 2 is 1.56 bits per heavy atom. The fourth-order valence-corrected chi connectivity index (χ4v) is 14.8. The normalized spacial score (nSPS) is 30.7. The van der Waals surface area contributed by atoms with Crippen LogP contribution in [0.15, 0.2) is 48.9 Å². The van der Waals surface area contributed by atoms with E-state index < -0.39 is 15.4 Å². The minimum atomic E-state index is -1.71. The highest BCUT2D eigenvalue weighted by Crippen LogP contribution is 2.40. The molecule has 0 radical (unpaired) electrons. The van der Waals surface area contributed by atoms with Crippen molar-refractivity contribution in [3.63, 3.8) is 0 Å². The van der Waals surface area contributed by atoms with E-state index in [9.17, 15) is 0 Å². The van der Waals surface area contributed by atoms with Crippen molar-refractivity contribution in [2.45, 2.75) is 45.0 Å². The third-order valence-electron chi connectivity index (χ3n) is 3.85. The first-order valence-electron chi connectivity index (χ1n) is 6.59. The van der Waals surface area contributed by atoms with E-state index >= 15 is 0 Å². The van der Waals surface area contributed by atoms with Gasteiger partial charge in [-0.1, -0.05) is 48.9 Å². The maximum atomic E-state index is 6.50. The van der Waals surface area contributed by atoms with Crippen LogP contribution >= 0.6 is 0 Å². The Kier molecular flexibility index (Phi) is 4.75. The minimum absolute atomic E-state index is 0.0380. The van der Waals surface area contributed by atoms with E-state index in [0.29, 0.717) is 0 Å². The Hall–Kier alpha value is -0.646. The standard InChI is InChI=1S/C15H26OSi2/c1-7-9-12-18(13-10-8-2)14-11-15(3,4)16-17(18,5)6/h7-10,12-13H,1-2,11,14H2,3-6H3. The van der Waals surface area contributed by atoms with E-state index in [-0.39, 0.29) is 5.60 Å². The van der Waals surface area contributed by atoms with Gasteiger partial charge in [-0.3, -0.25) is 0 Å². The lowest BCUT2D eigenvalue weighted by Crippen LogP contribution is -2.65. The Morgan fingerprint density at radius 3 is 1.94 bits per heavy atom. The van der Waals surface area contributed by atoms with Crippen molar-refractivity contribution < 1.29 is 4.43 Å². The van der Waals surface area contributed by atoms with E-state index in [1.807, 2.05) is 12.2 Å². The van der Waals surface area contributed by atoms with E-state index in [0.717, 1.165) is 6.42 Å². The summed E-state index contributed by atoms with van der Waals surface area (Å²) in [6.07, 6.45) is 9.10. The summed E-state index contributed by atoms with van der Waals surface area (Å²) in [6, 6.07) is 1.27. The number of hydrogen-bond donors (Lipinski definition) is 0. The lowest BCUT2D eigenvalue weighted by molar-refractivity contribution is 0.0939. The van der Waals surface area contributed by atoms with Crippen molar-refractivity contribution in [3.8, 4) is 0 Å². The van der Waals surface area contributed by atoms with Crippen molar-refractivity contribution >= 4 is 15.4 Å². The molecule has 1 aliphatic rings. The summed E-state index contributed by atoms with van der Waals surface area (Å²) < 4.78 is 6.50. The molecule has 0 spiro atoms. The third-order valence-corrected chi connectivity index (χ3v) is 18.6. The highest BCUT2D eigenvalue weighted by atomic mass is 29.3. The molecule has 1 nitrogen and oxygen atoms in total. The Labute approximate surface area is 114 Å². The molecule has 0 aromatic rings. The first-order chi connectivity index (χ1) is 8.29. The quantitative estimate of drug-likeness (QED) is 0.544. The van der Waals surface area contributed by atoms with Gasteiger partial charge in [0.1, 0.15) is 7.59 Å². The van der Waals surface area contributed by atoms with Gasteiger partial charge in [-0.2, -0.15) is 0 Å². The monoisotopic (exact) mass is 278 g/mol. The van der Waals surface area contributed by atoms with Gasteiger partial charge in [-0.15, -0.1) is 0 Å². The van der Waals surface area contributed by atoms with Gasteiger partial charge in [-0.25, -0.2) is 0 Å². The van der Waals surface area contributed by atoms with Crippen LogP contribution in [0.4, 0.5) is 0 Å². The molecule has 0 unspecified atom stereocenters. The zero-order chi connectivity index (χ0) is 13.9. The molecule has 0 aliphatic carbocycles. The van der Waals surface area contributed by atoms with Crippen LogP contribution in [0, 0.1) is 0 Å². The van der Waals surface area contributed by atoms with Gasteiger partial charge in [-0.05, 0) is 39.4 Å². The molecule has 0 bridgehead atoms. The fourth-order valence-electron chi connectivity index (χ4n) is 2.75. The van der Waals surface area contributed by atoms with Crippen molar-refractivity contribution in [3.05, 3.63) is 48.9 Å². The van der Waals surface area contributed by atoms with Gasteiger partial charge in [0, 0.05) is 0 Å². The van der Waals surface area contributed by atoms with Crippen molar-refractivity contribution in [2.24, 2.45) is 0 Å². The predicted molar refractivity (Wildman–Crippen MR) is 86.5 cm³/mol. The van der Waals surface area contributed by atoms with E-state index in [4.69, 9.17) is 4.43 Å². The van der Waals surface area contributed by atoms with Gasteiger partial charge < -0.3 is 4.43 Å². The Bertz CT molecular complexity index is 360. The molecule has 1 aliphatic heterocycles. The highest BCUT2D eigenvalue weighted by Gasteiger charge is 2.53. The average molecular weight is 279 g/mol. The molecule has 0 amide bonds. The molecule has 100 valence electrons. The molecule has 0 aromatic heterocycles. The smallest absolute Gasteiger partial charge is 0.184 e. The third kappa shape index (κ3) is 3.22. The van der Waals surface area contributed by atoms with Crippen LogP contribution in [0.3, 0.4) is 0 Å². The summed E-state index contributed by atoms with van der Waals surface area (Å²) in [5.41, 5.74) is 4.85. The first kappa shape index (κ1) is 15.4. The minimum Gasteiger partial charge on any atom is -0.414 e. The molecule has 0 aromatic carbocycles. The second-order valence-electron chi connectivity index (χ2n) is 6.10. The molecular weight excluding hydrogens is 252 g/mol. The zero-order valence-electron chi connectivity index (χ0n) is 12.2. The van der Waals surface area contributed by atoms with Gasteiger partial charge in [0.2, 0.25) is 0 Å². The summed E-state index contributed by atoms with van der Waals surface area (Å²) >= 11 is 0. The Balaban J connectivity index is 3.17. The SMILES string of the molecule is C=CC=C[Si]1(C=CC=C)CCC(C)(C)O[Si]1(C)C.